The molecule has 2 nitrogen and oxygen atoms in total. The van der Waals surface area contributed by atoms with Crippen molar-refractivity contribution in [2.24, 2.45) is 5.92 Å². The second-order valence-electron chi connectivity index (χ2n) is 10.9. The number of aromatic nitrogens is 1. The van der Waals surface area contributed by atoms with Crippen molar-refractivity contribution in [2.45, 2.75) is 96.1 Å². The second-order valence-corrected chi connectivity index (χ2v) is 11.9. The molecule has 0 saturated heterocycles. The predicted molar refractivity (Wildman–Crippen MR) is 149 cm³/mol. The molecule has 0 amide bonds. The lowest BCUT2D eigenvalue weighted by Crippen LogP contribution is -2.32. The summed E-state index contributed by atoms with van der Waals surface area (Å²) in [5.41, 5.74) is 5.72. The van der Waals surface area contributed by atoms with Crippen molar-refractivity contribution in [1.82, 2.24) is 9.88 Å². The van der Waals surface area contributed by atoms with E-state index in [1.165, 1.54) is 103 Å². The van der Waals surface area contributed by atoms with Gasteiger partial charge in [0.1, 0.15) is 0 Å². The van der Waals surface area contributed by atoms with Gasteiger partial charge in [0, 0.05) is 40.1 Å². The topological polar surface area (TPSA) is 17.0 Å². The predicted octanol–water partition coefficient (Wildman–Crippen LogP) is 8.74. The van der Waals surface area contributed by atoms with E-state index in [2.05, 4.69) is 81.4 Å². The minimum Gasteiger partial charge on any atom is -0.347 e. The van der Waals surface area contributed by atoms with Crippen molar-refractivity contribution in [3.05, 3.63) is 69.8 Å². The van der Waals surface area contributed by atoms with Crippen LogP contribution in [-0.4, -0.2) is 17.2 Å². The number of hydrogen-bond acceptors (Lipinski definition) is 1. The molecule has 1 aromatic heterocycles. The Balaban J connectivity index is 1.46. The molecule has 0 spiro atoms. The van der Waals surface area contributed by atoms with Gasteiger partial charge in [0.2, 0.25) is 0 Å². The standard InChI is InChI=1S/C31H41BrN2/c1-23-9-8-12-25(19-23)28(17-18-33-27-13-6-3-7-14-27)30-22-34(21-24-10-4-2-5-11-24)31-16-15-26(32)20-29(30)31/h8-9,12,15-16,19-20,22,24,27-28,33H,2-7,10-11,13-14,17-18,21H2,1H3. The molecule has 3 heteroatoms. The summed E-state index contributed by atoms with van der Waals surface area (Å²) in [5, 5.41) is 5.35. The zero-order chi connectivity index (χ0) is 23.3. The molecule has 0 aliphatic heterocycles. The highest BCUT2D eigenvalue weighted by atomic mass is 79.9. The Bertz CT molecular complexity index is 1070. The van der Waals surface area contributed by atoms with E-state index in [1.54, 1.807) is 0 Å². The van der Waals surface area contributed by atoms with E-state index < -0.39 is 0 Å². The molecular weight excluding hydrogens is 480 g/mol. The quantitative estimate of drug-likeness (QED) is 0.314. The average Bonchev–Trinajstić information content (AvgIpc) is 3.20. The normalized spacial score (nSPS) is 19.0. The van der Waals surface area contributed by atoms with Gasteiger partial charge in [-0.3, -0.25) is 0 Å². The smallest absolute Gasteiger partial charge is 0.0484 e. The van der Waals surface area contributed by atoms with Gasteiger partial charge >= 0.3 is 0 Å². The van der Waals surface area contributed by atoms with Crippen LogP contribution in [0.1, 0.15) is 93.2 Å². The number of rotatable bonds is 8. The number of fused-ring (bicyclic) bond motifs is 1. The number of benzene rings is 2. The summed E-state index contributed by atoms with van der Waals surface area (Å²) >= 11 is 3.77. The van der Waals surface area contributed by atoms with Crippen LogP contribution in [0.2, 0.25) is 0 Å². The lowest BCUT2D eigenvalue weighted by atomic mass is 9.87. The number of hydrogen-bond donors (Lipinski definition) is 1. The molecule has 0 radical (unpaired) electrons. The third-order valence-electron chi connectivity index (χ3n) is 8.34. The SMILES string of the molecule is Cc1cccc(C(CCNC2CCCCC2)c2cn(CC3CCCCC3)c3ccc(Br)cc23)c1. The van der Waals surface area contributed by atoms with E-state index in [4.69, 9.17) is 0 Å². The Kier molecular flexibility index (Phi) is 8.12. The van der Waals surface area contributed by atoms with Crippen molar-refractivity contribution in [3.63, 3.8) is 0 Å². The highest BCUT2D eigenvalue weighted by molar-refractivity contribution is 9.10. The summed E-state index contributed by atoms with van der Waals surface area (Å²) in [6, 6.07) is 16.9. The van der Waals surface area contributed by atoms with Gasteiger partial charge in [0.15, 0.2) is 0 Å². The van der Waals surface area contributed by atoms with Crippen LogP contribution < -0.4 is 5.32 Å². The Morgan fingerprint density at radius 2 is 1.71 bits per heavy atom. The lowest BCUT2D eigenvalue weighted by molar-refractivity contribution is 0.322. The van der Waals surface area contributed by atoms with Gasteiger partial charge in [-0.1, -0.05) is 84.3 Å². The number of nitrogens with one attached hydrogen (secondary N) is 1. The van der Waals surface area contributed by atoms with Gasteiger partial charge in [0.05, 0.1) is 0 Å². The van der Waals surface area contributed by atoms with Crippen LogP contribution in [0.5, 0.6) is 0 Å². The molecule has 182 valence electrons. The van der Waals surface area contributed by atoms with Gasteiger partial charge in [0.25, 0.3) is 0 Å². The van der Waals surface area contributed by atoms with Crippen LogP contribution >= 0.6 is 15.9 Å². The van der Waals surface area contributed by atoms with Gasteiger partial charge in [-0.2, -0.15) is 0 Å². The van der Waals surface area contributed by atoms with Gasteiger partial charge < -0.3 is 9.88 Å². The van der Waals surface area contributed by atoms with Crippen molar-refractivity contribution < 1.29 is 0 Å². The van der Waals surface area contributed by atoms with Crippen molar-refractivity contribution >= 4 is 26.8 Å². The number of halogens is 1. The van der Waals surface area contributed by atoms with Crippen LogP contribution in [0.25, 0.3) is 10.9 Å². The van der Waals surface area contributed by atoms with E-state index in [0.29, 0.717) is 12.0 Å². The Hall–Kier alpha value is -1.58. The monoisotopic (exact) mass is 520 g/mol. The minimum absolute atomic E-state index is 0.417. The van der Waals surface area contributed by atoms with E-state index in [0.717, 1.165) is 18.9 Å². The van der Waals surface area contributed by atoms with E-state index >= 15 is 0 Å². The highest BCUT2D eigenvalue weighted by Crippen LogP contribution is 2.37. The van der Waals surface area contributed by atoms with Gasteiger partial charge in [-0.15, -0.1) is 0 Å². The molecule has 1 unspecified atom stereocenters. The van der Waals surface area contributed by atoms with Crippen LogP contribution in [0.15, 0.2) is 53.1 Å². The molecule has 2 fully saturated rings. The summed E-state index contributed by atoms with van der Waals surface area (Å²) in [4.78, 5) is 0. The maximum atomic E-state index is 3.92. The van der Waals surface area contributed by atoms with Crippen LogP contribution in [0, 0.1) is 12.8 Å². The molecule has 3 aromatic rings. The Morgan fingerprint density at radius 3 is 2.47 bits per heavy atom. The molecule has 2 aliphatic rings. The van der Waals surface area contributed by atoms with Crippen LogP contribution in [0.3, 0.4) is 0 Å². The molecular formula is C31H41BrN2. The fraction of sp³-hybridized carbons (Fsp3) is 0.548. The first-order chi connectivity index (χ1) is 16.7. The molecule has 1 heterocycles. The third-order valence-corrected chi connectivity index (χ3v) is 8.84. The van der Waals surface area contributed by atoms with Crippen molar-refractivity contribution in [1.29, 1.82) is 0 Å². The third kappa shape index (κ3) is 5.79. The Labute approximate surface area is 214 Å². The summed E-state index contributed by atoms with van der Waals surface area (Å²) < 4.78 is 3.77. The number of aryl methyl sites for hydroxylation is 1. The largest absolute Gasteiger partial charge is 0.347 e. The summed E-state index contributed by atoms with van der Waals surface area (Å²) in [5.74, 6) is 1.24. The van der Waals surface area contributed by atoms with Crippen LogP contribution in [-0.2, 0) is 6.54 Å². The van der Waals surface area contributed by atoms with Gasteiger partial charge in [-0.25, -0.2) is 0 Å². The fourth-order valence-corrected chi connectivity index (χ4v) is 6.86. The second kappa shape index (κ2) is 11.4. The maximum absolute atomic E-state index is 3.92. The van der Waals surface area contributed by atoms with E-state index in [1.807, 2.05) is 0 Å². The maximum Gasteiger partial charge on any atom is 0.0484 e. The van der Waals surface area contributed by atoms with Crippen LogP contribution in [0.4, 0.5) is 0 Å². The fourth-order valence-electron chi connectivity index (χ4n) is 6.50. The van der Waals surface area contributed by atoms with Crippen molar-refractivity contribution in [3.8, 4) is 0 Å². The molecule has 1 atom stereocenters. The summed E-state index contributed by atoms with van der Waals surface area (Å²) in [7, 11) is 0. The first kappa shape index (κ1) is 24.1. The first-order valence-electron chi connectivity index (χ1n) is 13.8. The summed E-state index contributed by atoms with van der Waals surface area (Å²) in [6.07, 6.45) is 17.6. The Morgan fingerprint density at radius 1 is 0.941 bits per heavy atom. The molecule has 34 heavy (non-hydrogen) atoms. The molecule has 1 N–H and O–H groups in total. The lowest BCUT2D eigenvalue weighted by Gasteiger charge is -2.25. The van der Waals surface area contributed by atoms with Gasteiger partial charge in [-0.05, 0) is 80.8 Å². The number of nitrogens with zero attached hydrogens (tertiary/aromatic N) is 1. The highest BCUT2D eigenvalue weighted by Gasteiger charge is 2.23. The first-order valence-corrected chi connectivity index (χ1v) is 14.5. The zero-order valence-corrected chi connectivity index (χ0v) is 22.5. The molecule has 2 aliphatic carbocycles. The zero-order valence-electron chi connectivity index (χ0n) is 20.9. The molecule has 2 saturated carbocycles. The molecule has 5 rings (SSSR count). The van der Waals surface area contributed by atoms with E-state index in [-0.39, 0.29) is 0 Å². The average molecular weight is 522 g/mol. The van der Waals surface area contributed by atoms with Crippen molar-refractivity contribution in [2.75, 3.05) is 6.54 Å². The summed E-state index contributed by atoms with van der Waals surface area (Å²) in [6.45, 7) is 4.48. The molecule has 2 aromatic carbocycles. The molecule has 0 bridgehead atoms. The van der Waals surface area contributed by atoms with E-state index in [9.17, 15) is 0 Å². The minimum atomic E-state index is 0.417.